The van der Waals surface area contributed by atoms with Crippen molar-refractivity contribution in [1.82, 2.24) is 9.88 Å². The highest BCUT2D eigenvalue weighted by molar-refractivity contribution is 7.95. The monoisotopic (exact) mass is 431 g/mol. The van der Waals surface area contributed by atoms with Gasteiger partial charge in [0.05, 0.1) is 17.9 Å². The summed E-state index contributed by atoms with van der Waals surface area (Å²) < 4.78 is 16.5. The number of nitrogens with one attached hydrogen (secondary N) is 1. The Morgan fingerprint density at radius 1 is 1.37 bits per heavy atom. The number of amides is 2. The van der Waals surface area contributed by atoms with Gasteiger partial charge in [0.2, 0.25) is 0 Å². The SMILES string of the molecule is Cc1c(C2CC2)nc2c(c1NC(=O)N=S(N)(=O)C(N)=CC1=NCCN(C)C1)CCC2. The molecule has 1 atom stereocenters. The second kappa shape index (κ2) is 8.09. The summed E-state index contributed by atoms with van der Waals surface area (Å²) in [5, 5.41) is 8.51. The molecule has 9 nitrogen and oxygen atoms in total. The van der Waals surface area contributed by atoms with Gasteiger partial charge in [0, 0.05) is 30.4 Å². The molecule has 162 valence electrons. The number of urea groups is 1. The highest BCUT2D eigenvalue weighted by atomic mass is 32.2. The lowest BCUT2D eigenvalue weighted by molar-refractivity contribution is 0.260. The predicted molar refractivity (Wildman–Crippen MR) is 119 cm³/mol. The van der Waals surface area contributed by atoms with E-state index in [0.29, 0.717) is 24.7 Å². The number of carbonyl (C=O) groups excluding carboxylic acids is 1. The second-order valence-corrected chi connectivity index (χ2v) is 10.1. The third-order valence-electron chi connectivity index (χ3n) is 5.79. The van der Waals surface area contributed by atoms with Gasteiger partial charge in [-0.15, -0.1) is 4.36 Å². The Hall–Kier alpha value is -2.30. The molecule has 0 saturated heterocycles. The van der Waals surface area contributed by atoms with Crippen LogP contribution in [0.15, 0.2) is 20.5 Å². The van der Waals surface area contributed by atoms with Crippen molar-refractivity contribution >= 4 is 27.3 Å². The van der Waals surface area contributed by atoms with E-state index in [-0.39, 0.29) is 5.03 Å². The van der Waals surface area contributed by atoms with Crippen molar-refractivity contribution in [1.29, 1.82) is 0 Å². The fourth-order valence-electron chi connectivity index (χ4n) is 4.04. The van der Waals surface area contributed by atoms with Crippen LogP contribution in [-0.2, 0) is 22.8 Å². The van der Waals surface area contributed by atoms with E-state index in [4.69, 9.17) is 15.9 Å². The summed E-state index contributed by atoms with van der Waals surface area (Å²) in [6, 6.07) is -0.758. The average Bonchev–Trinajstić information content (AvgIpc) is 3.40. The topological polar surface area (TPSA) is 139 Å². The Labute approximate surface area is 177 Å². The summed E-state index contributed by atoms with van der Waals surface area (Å²) in [7, 11) is -1.59. The average molecular weight is 432 g/mol. The molecule has 0 radical (unpaired) electrons. The number of hydrogen-bond donors (Lipinski definition) is 3. The van der Waals surface area contributed by atoms with E-state index in [1.54, 1.807) is 0 Å². The lowest BCUT2D eigenvalue weighted by Crippen LogP contribution is -2.33. The smallest absolute Gasteiger partial charge is 0.354 e. The summed E-state index contributed by atoms with van der Waals surface area (Å²) in [4.78, 5) is 23.9. The Bertz CT molecular complexity index is 1070. The molecule has 2 heterocycles. The minimum Gasteiger partial charge on any atom is -0.390 e. The lowest BCUT2D eigenvalue weighted by Gasteiger charge is -2.20. The molecule has 4 rings (SSSR count). The Balaban J connectivity index is 1.59. The predicted octanol–water partition coefficient (Wildman–Crippen LogP) is 1.82. The van der Waals surface area contributed by atoms with E-state index < -0.39 is 15.9 Å². The van der Waals surface area contributed by atoms with Crippen molar-refractivity contribution in [2.75, 3.05) is 32.0 Å². The molecule has 1 unspecified atom stereocenters. The maximum absolute atomic E-state index is 12.8. The minimum atomic E-state index is -3.55. The van der Waals surface area contributed by atoms with Crippen molar-refractivity contribution in [3.8, 4) is 0 Å². The van der Waals surface area contributed by atoms with Gasteiger partial charge >= 0.3 is 6.03 Å². The molecule has 0 bridgehead atoms. The van der Waals surface area contributed by atoms with Crippen LogP contribution >= 0.6 is 0 Å². The number of carbonyl (C=O) groups is 1. The molecule has 0 spiro atoms. The van der Waals surface area contributed by atoms with Gasteiger partial charge in [0.15, 0.2) is 9.92 Å². The largest absolute Gasteiger partial charge is 0.390 e. The van der Waals surface area contributed by atoms with Crippen molar-refractivity contribution < 1.29 is 9.00 Å². The molecular weight excluding hydrogens is 402 g/mol. The number of likely N-dealkylation sites (N-methyl/N-ethyl adjacent to an activating group) is 1. The number of aryl methyl sites for hydroxylation is 1. The van der Waals surface area contributed by atoms with E-state index in [0.717, 1.165) is 66.9 Å². The molecule has 1 aromatic heterocycles. The number of hydrogen-bond acceptors (Lipinski definition) is 6. The van der Waals surface area contributed by atoms with Crippen molar-refractivity contribution in [2.24, 2.45) is 20.2 Å². The third kappa shape index (κ3) is 4.40. The Kier molecular flexibility index (Phi) is 5.65. The van der Waals surface area contributed by atoms with Gasteiger partial charge < -0.3 is 11.1 Å². The summed E-state index contributed by atoms with van der Waals surface area (Å²) in [6.45, 7) is 4.03. The van der Waals surface area contributed by atoms with Gasteiger partial charge in [-0.1, -0.05) is 0 Å². The summed E-state index contributed by atoms with van der Waals surface area (Å²) in [5.74, 6) is 0.468. The molecule has 1 saturated carbocycles. The summed E-state index contributed by atoms with van der Waals surface area (Å²) in [5.41, 5.74) is 11.5. The molecule has 1 aliphatic heterocycles. The highest BCUT2D eigenvalue weighted by Gasteiger charge is 2.31. The minimum absolute atomic E-state index is 0.151. The van der Waals surface area contributed by atoms with E-state index in [2.05, 4.69) is 19.6 Å². The molecule has 1 fully saturated rings. The molecular formula is C20H29N7O2S. The Morgan fingerprint density at radius 3 is 2.83 bits per heavy atom. The molecule has 2 aliphatic carbocycles. The molecule has 5 N–H and O–H groups in total. The zero-order chi connectivity index (χ0) is 21.5. The fourth-order valence-corrected chi connectivity index (χ4v) is 4.75. The van der Waals surface area contributed by atoms with Gasteiger partial charge in [0.1, 0.15) is 5.03 Å². The standard InChI is InChI=1S/C20H29N7O2S/c1-12-18(13-6-7-13)24-16-5-3-4-15(16)19(12)25-20(28)26-30(22,29)17(21)10-14-11-27(2)9-8-23-14/h10,13H,3-9,11,21H2,1-2H3,(H3,22,24,25,26,28,29). The quantitative estimate of drug-likeness (QED) is 0.667. The Morgan fingerprint density at radius 2 is 2.13 bits per heavy atom. The second-order valence-electron chi connectivity index (χ2n) is 8.30. The zero-order valence-electron chi connectivity index (χ0n) is 17.5. The maximum Gasteiger partial charge on any atom is 0.354 e. The fraction of sp³-hybridized carbons (Fsp3) is 0.550. The zero-order valence-corrected chi connectivity index (χ0v) is 18.3. The van der Waals surface area contributed by atoms with Crippen LogP contribution in [0.4, 0.5) is 10.5 Å². The van der Waals surface area contributed by atoms with Crippen LogP contribution in [0.25, 0.3) is 0 Å². The summed E-state index contributed by atoms with van der Waals surface area (Å²) in [6.07, 6.45) is 6.50. The number of aromatic nitrogens is 1. The number of anilines is 1. The van der Waals surface area contributed by atoms with Crippen molar-refractivity contribution in [3.05, 3.63) is 33.6 Å². The van der Waals surface area contributed by atoms with E-state index >= 15 is 0 Å². The van der Waals surface area contributed by atoms with Crippen molar-refractivity contribution in [2.45, 2.75) is 44.9 Å². The first kappa shape index (κ1) is 21.0. The van der Waals surface area contributed by atoms with Gasteiger partial charge in [-0.3, -0.25) is 14.9 Å². The van der Waals surface area contributed by atoms with E-state index in [1.165, 1.54) is 6.08 Å². The molecule has 0 aromatic carbocycles. The molecule has 3 aliphatic rings. The van der Waals surface area contributed by atoms with Crippen LogP contribution in [0.1, 0.15) is 47.7 Å². The normalized spacial score (nSPS) is 21.6. The first-order valence-corrected chi connectivity index (χ1v) is 11.9. The van der Waals surface area contributed by atoms with E-state index in [1.807, 2.05) is 14.0 Å². The van der Waals surface area contributed by atoms with Crippen LogP contribution < -0.4 is 16.2 Å². The maximum atomic E-state index is 12.8. The first-order valence-electron chi connectivity index (χ1n) is 10.3. The number of aliphatic imine (C=N–C) groups is 1. The van der Waals surface area contributed by atoms with E-state index in [9.17, 15) is 9.00 Å². The van der Waals surface area contributed by atoms with Crippen molar-refractivity contribution in [3.63, 3.8) is 0 Å². The molecule has 1 aromatic rings. The van der Waals surface area contributed by atoms with Gasteiger partial charge in [-0.05, 0) is 63.3 Å². The highest BCUT2D eigenvalue weighted by Crippen LogP contribution is 2.44. The summed E-state index contributed by atoms with van der Waals surface area (Å²) >= 11 is 0. The molecule has 30 heavy (non-hydrogen) atoms. The molecule has 10 heteroatoms. The number of nitrogens with two attached hydrogens (primary N) is 2. The third-order valence-corrected chi connectivity index (χ3v) is 7.03. The number of nitrogens with zero attached hydrogens (tertiary/aromatic N) is 4. The number of pyridine rings is 1. The first-order chi connectivity index (χ1) is 14.2. The molecule has 2 amide bonds. The van der Waals surface area contributed by atoms with Gasteiger partial charge in [-0.25, -0.2) is 14.1 Å². The number of rotatable bonds is 4. The lowest BCUT2D eigenvalue weighted by atomic mass is 10.0. The number of fused-ring (bicyclic) bond motifs is 1. The van der Waals surface area contributed by atoms with Gasteiger partial charge in [-0.2, -0.15) is 0 Å². The van der Waals surface area contributed by atoms with Crippen LogP contribution in [0, 0.1) is 6.92 Å². The van der Waals surface area contributed by atoms with Crippen LogP contribution in [0.2, 0.25) is 0 Å². The van der Waals surface area contributed by atoms with Crippen LogP contribution in [-0.4, -0.2) is 52.5 Å². The van der Waals surface area contributed by atoms with Crippen LogP contribution in [0.3, 0.4) is 0 Å². The van der Waals surface area contributed by atoms with Crippen LogP contribution in [0.5, 0.6) is 0 Å². The van der Waals surface area contributed by atoms with Gasteiger partial charge in [0.25, 0.3) is 0 Å².